The molecule has 0 saturated heterocycles. The average Bonchev–Trinajstić information content (AvgIpc) is 2.51. The Kier molecular flexibility index (Phi) is 14.8. The van der Waals surface area contributed by atoms with Crippen LogP contribution in [-0.4, -0.2) is 14.9 Å². The van der Waals surface area contributed by atoms with Crippen LogP contribution in [0.1, 0.15) is 91.4 Å². The van der Waals surface area contributed by atoms with Gasteiger partial charge in [-0.15, -0.1) is 6.58 Å². The third-order valence-corrected chi connectivity index (χ3v) is 8.34. The molecule has 126 valence electrons. The van der Waals surface area contributed by atoms with E-state index in [1.54, 1.807) is 0 Å². The summed E-state index contributed by atoms with van der Waals surface area (Å²) in [6.45, 7) is 12.0. The molecule has 0 heterocycles. The van der Waals surface area contributed by atoms with Crippen LogP contribution in [0.4, 0.5) is 0 Å². The van der Waals surface area contributed by atoms with Crippen molar-refractivity contribution in [2.45, 2.75) is 103 Å². The molecule has 0 fully saturated rings. The van der Waals surface area contributed by atoms with Gasteiger partial charge < -0.3 is 4.43 Å². The summed E-state index contributed by atoms with van der Waals surface area (Å²) in [6, 6.07) is 2.60. The summed E-state index contributed by atoms with van der Waals surface area (Å²) < 4.78 is 6.46. The van der Waals surface area contributed by atoms with E-state index in [2.05, 4.69) is 33.0 Å². The molecule has 0 N–H and O–H groups in total. The molecule has 0 aliphatic rings. The first-order valence-electron chi connectivity index (χ1n) is 9.52. The fraction of sp³-hybridized carbons (Fsp3) is 0.895. The molecule has 0 rings (SSSR count). The Labute approximate surface area is 135 Å². The molecule has 21 heavy (non-hydrogen) atoms. The van der Waals surface area contributed by atoms with Gasteiger partial charge in [0, 0.05) is 6.61 Å². The topological polar surface area (TPSA) is 9.23 Å². The first-order valence-corrected chi connectivity index (χ1v) is 11.9. The number of unbranched alkanes of at least 4 members (excludes halogenated alkanes) is 8. The van der Waals surface area contributed by atoms with Gasteiger partial charge in [-0.25, -0.2) is 0 Å². The van der Waals surface area contributed by atoms with E-state index in [4.69, 9.17) is 4.43 Å². The van der Waals surface area contributed by atoms with Gasteiger partial charge in [0.1, 0.15) is 0 Å². The van der Waals surface area contributed by atoms with E-state index in [0.29, 0.717) is 0 Å². The molecule has 1 nitrogen and oxygen atoms in total. The lowest BCUT2D eigenvalue weighted by molar-refractivity contribution is 0.292. The summed E-state index contributed by atoms with van der Waals surface area (Å²) >= 11 is 0. The molecule has 0 radical (unpaired) electrons. The first-order chi connectivity index (χ1) is 10.2. The zero-order valence-corrected chi connectivity index (χ0v) is 16.1. The van der Waals surface area contributed by atoms with Crippen LogP contribution in [0, 0.1) is 0 Å². The van der Waals surface area contributed by atoms with Crippen LogP contribution in [0.2, 0.25) is 12.1 Å². The van der Waals surface area contributed by atoms with Crippen molar-refractivity contribution in [2.75, 3.05) is 6.61 Å². The van der Waals surface area contributed by atoms with Crippen molar-refractivity contribution in [2.24, 2.45) is 0 Å². The number of rotatable bonds is 16. The Morgan fingerprint density at radius 1 is 0.714 bits per heavy atom. The predicted molar refractivity (Wildman–Crippen MR) is 99.3 cm³/mol. The predicted octanol–water partition coefficient (Wildman–Crippen LogP) is 7.02. The fourth-order valence-corrected chi connectivity index (χ4v) is 6.17. The van der Waals surface area contributed by atoms with Crippen molar-refractivity contribution in [1.29, 1.82) is 0 Å². The zero-order chi connectivity index (χ0) is 15.8. The smallest absolute Gasteiger partial charge is 0.216 e. The van der Waals surface area contributed by atoms with Crippen molar-refractivity contribution >= 4 is 8.32 Å². The molecule has 0 unspecified atom stereocenters. The van der Waals surface area contributed by atoms with Crippen LogP contribution in [0.5, 0.6) is 0 Å². The number of hydrogen-bond acceptors (Lipinski definition) is 1. The van der Waals surface area contributed by atoms with Crippen molar-refractivity contribution < 1.29 is 4.43 Å². The van der Waals surface area contributed by atoms with Crippen molar-refractivity contribution in [3.8, 4) is 0 Å². The summed E-state index contributed by atoms with van der Waals surface area (Å²) in [5, 5.41) is 0. The molecule has 0 aromatic heterocycles. The molecule has 2 heteroatoms. The average molecular weight is 313 g/mol. The molecule has 0 aromatic carbocycles. The molecule has 0 aromatic rings. The largest absolute Gasteiger partial charge is 0.413 e. The molecule has 0 aliphatic heterocycles. The van der Waals surface area contributed by atoms with Gasteiger partial charge in [-0.3, -0.25) is 0 Å². The minimum atomic E-state index is -1.66. The van der Waals surface area contributed by atoms with E-state index in [-0.39, 0.29) is 0 Å². The van der Waals surface area contributed by atoms with Gasteiger partial charge in [0.2, 0.25) is 8.32 Å². The maximum absolute atomic E-state index is 6.46. The SMILES string of the molecule is C=C[Si](CCCCCC)(CCCCCC)OCCCCC. The second kappa shape index (κ2) is 14.8. The van der Waals surface area contributed by atoms with E-state index in [0.717, 1.165) is 6.61 Å². The standard InChI is InChI=1S/C19H40OSi/c1-5-9-12-15-18-21(8-4,19-16-13-10-6-2)20-17-14-11-7-3/h8H,4-7,9-19H2,1-3H3. The van der Waals surface area contributed by atoms with Crippen LogP contribution >= 0.6 is 0 Å². The Bertz CT molecular complexity index is 196. The van der Waals surface area contributed by atoms with Crippen LogP contribution in [0.15, 0.2) is 12.3 Å². The Morgan fingerprint density at radius 3 is 1.62 bits per heavy atom. The zero-order valence-electron chi connectivity index (χ0n) is 15.1. The van der Waals surface area contributed by atoms with Crippen molar-refractivity contribution in [1.82, 2.24) is 0 Å². The summed E-state index contributed by atoms with van der Waals surface area (Å²) in [5.41, 5.74) is 2.25. The van der Waals surface area contributed by atoms with Gasteiger partial charge in [0.15, 0.2) is 0 Å². The quantitative estimate of drug-likeness (QED) is 0.220. The van der Waals surface area contributed by atoms with Gasteiger partial charge >= 0.3 is 0 Å². The Hall–Kier alpha value is -0.0831. The third kappa shape index (κ3) is 11.2. The van der Waals surface area contributed by atoms with Gasteiger partial charge in [0.05, 0.1) is 0 Å². The van der Waals surface area contributed by atoms with Gasteiger partial charge in [-0.05, 0) is 18.5 Å². The minimum absolute atomic E-state index is 0.966. The van der Waals surface area contributed by atoms with E-state index in [1.165, 1.54) is 82.7 Å². The second-order valence-corrected chi connectivity index (χ2v) is 10.3. The molecule has 0 atom stereocenters. The summed E-state index contributed by atoms with van der Waals surface area (Å²) in [5.74, 6) is 0. The highest BCUT2D eigenvalue weighted by Crippen LogP contribution is 2.26. The molecule has 0 aliphatic carbocycles. The van der Waals surface area contributed by atoms with Gasteiger partial charge in [0.25, 0.3) is 0 Å². The maximum Gasteiger partial charge on any atom is 0.216 e. The lowest BCUT2D eigenvalue weighted by atomic mass is 10.2. The normalized spacial score (nSPS) is 11.8. The summed E-state index contributed by atoms with van der Waals surface area (Å²) in [7, 11) is -1.66. The highest BCUT2D eigenvalue weighted by molar-refractivity contribution is 6.78. The van der Waals surface area contributed by atoms with E-state index in [1.807, 2.05) is 0 Å². The van der Waals surface area contributed by atoms with Gasteiger partial charge in [-0.2, -0.15) is 0 Å². The summed E-state index contributed by atoms with van der Waals surface area (Å²) in [6.07, 6.45) is 14.6. The second-order valence-electron chi connectivity index (χ2n) is 6.45. The minimum Gasteiger partial charge on any atom is -0.413 e. The fourth-order valence-electron chi connectivity index (χ4n) is 2.86. The maximum atomic E-state index is 6.46. The van der Waals surface area contributed by atoms with E-state index < -0.39 is 8.32 Å². The molecular formula is C19H40OSi. The van der Waals surface area contributed by atoms with Crippen LogP contribution in [0.3, 0.4) is 0 Å². The molecule has 0 bridgehead atoms. The van der Waals surface area contributed by atoms with Crippen molar-refractivity contribution in [3.05, 3.63) is 12.3 Å². The van der Waals surface area contributed by atoms with E-state index >= 15 is 0 Å². The summed E-state index contributed by atoms with van der Waals surface area (Å²) in [4.78, 5) is 0. The molecule has 0 spiro atoms. The van der Waals surface area contributed by atoms with E-state index in [9.17, 15) is 0 Å². The van der Waals surface area contributed by atoms with Crippen LogP contribution < -0.4 is 0 Å². The Balaban J connectivity index is 4.26. The van der Waals surface area contributed by atoms with Crippen molar-refractivity contribution in [3.63, 3.8) is 0 Å². The first kappa shape index (κ1) is 20.9. The number of hydrogen-bond donors (Lipinski definition) is 0. The highest BCUT2D eigenvalue weighted by Gasteiger charge is 2.30. The lowest BCUT2D eigenvalue weighted by Crippen LogP contribution is -2.36. The van der Waals surface area contributed by atoms with Crippen LogP contribution in [-0.2, 0) is 4.43 Å². The third-order valence-electron chi connectivity index (χ3n) is 4.42. The highest BCUT2D eigenvalue weighted by atomic mass is 28.4. The van der Waals surface area contributed by atoms with Gasteiger partial charge in [-0.1, -0.05) is 90.7 Å². The molecular weight excluding hydrogens is 272 g/mol. The monoisotopic (exact) mass is 312 g/mol. The molecule has 0 amide bonds. The Morgan fingerprint density at radius 2 is 1.19 bits per heavy atom. The lowest BCUT2D eigenvalue weighted by Gasteiger charge is -2.28. The van der Waals surface area contributed by atoms with Crippen LogP contribution in [0.25, 0.3) is 0 Å². The molecule has 0 saturated carbocycles.